The molecular weight excluding hydrogens is 272 g/mol. The maximum absolute atomic E-state index is 10.1. The lowest BCUT2D eigenvalue weighted by Gasteiger charge is -2.26. The monoisotopic (exact) mass is 288 g/mol. The first-order valence-electron chi connectivity index (χ1n) is 5.89. The zero-order valence-corrected chi connectivity index (χ0v) is 11.8. The van der Waals surface area contributed by atoms with E-state index in [9.17, 15) is 10.2 Å². The van der Waals surface area contributed by atoms with E-state index in [1.54, 1.807) is 0 Å². The van der Waals surface area contributed by atoms with Crippen molar-refractivity contribution in [3.8, 4) is 0 Å². The molecule has 2 unspecified atom stereocenters. The SMILES string of the molecule is Cc1cccc(SCC(O)C2(O)CCOC2)c1Cl. The van der Waals surface area contributed by atoms with Gasteiger partial charge in [0, 0.05) is 23.7 Å². The van der Waals surface area contributed by atoms with Crippen LogP contribution in [0.5, 0.6) is 0 Å². The molecule has 2 atom stereocenters. The highest BCUT2D eigenvalue weighted by Crippen LogP contribution is 2.32. The molecule has 0 aliphatic carbocycles. The average molecular weight is 289 g/mol. The van der Waals surface area contributed by atoms with E-state index < -0.39 is 11.7 Å². The minimum atomic E-state index is -1.11. The van der Waals surface area contributed by atoms with Gasteiger partial charge < -0.3 is 14.9 Å². The van der Waals surface area contributed by atoms with Crippen LogP contribution in [-0.2, 0) is 4.74 Å². The van der Waals surface area contributed by atoms with E-state index in [0.29, 0.717) is 23.8 Å². The molecular formula is C13H17ClO3S. The molecule has 2 N–H and O–H groups in total. The lowest BCUT2D eigenvalue weighted by atomic mass is 9.97. The van der Waals surface area contributed by atoms with Gasteiger partial charge in [0.05, 0.1) is 17.7 Å². The van der Waals surface area contributed by atoms with Crippen LogP contribution in [0.2, 0.25) is 5.02 Å². The average Bonchev–Trinajstić information content (AvgIpc) is 2.79. The summed E-state index contributed by atoms with van der Waals surface area (Å²) in [6.07, 6.45) is -0.322. The van der Waals surface area contributed by atoms with E-state index in [0.717, 1.165) is 10.5 Å². The number of ether oxygens (including phenoxy) is 1. The van der Waals surface area contributed by atoms with E-state index in [4.69, 9.17) is 16.3 Å². The van der Waals surface area contributed by atoms with Crippen molar-refractivity contribution < 1.29 is 14.9 Å². The van der Waals surface area contributed by atoms with Gasteiger partial charge in [0.2, 0.25) is 0 Å². The van der Waals surface area contributed by atoms with Crippen LogP contribution in [0.4, 0.5) is 0 Å². The Morgan fingerprint density at radius 3 is 3.00 bits per heavy atom. The van der Waals surface area contributed by atoms with E-state index in [-0.39, 0.29) is 6.61 Å². The van der Waals surface area contributed by atoms with Crippen LogP contribution >= 0.6 is 23.4 Å². The van der Waals surface area contributed by atoms with Gasteiger partial charge in [-0.3, -0.25) is 0 Å². The molecule has 0 radical (unpaired) electrons. The number of benzene rings is 1. The molecule has 1 aliphatic rings. The fraction of sp³-hybridized carbons (Fsp3) is 0.538. The van der Waals surface area contributed by atoms with Gasteiger partial charge in [-0.1, -0.05) is 23.7 Å². The Balaban J connectivity index is 1.97. The standard InChI is InChI=1S/C13H17ClO3S/c1-9-3-2-4-10(12(9)14)18-7-11(15)13(16)5-6-17-8-13/h2-4,11,15-16H,5-8H2,1H3. The van der Waals surface area contributed by atoms with Crippen molar-refractivity contribution in [1.29, 1.82) is 0 Å². The summed E-state index contributed by atoms with van der Waals surface area (Å²) < 4.78 is 5.13. The summed E-state index contributed by atoms with van der Waals surface area (Å²) >= 11 is 7.64. The van der Waals surface area contributed by atoms with Gasteiger partial charge in [-0.05, 0) is 18.6 Å². The Morgan fingerprint density at radius 1 is 1.56 bits per heavy atom. The van der Waals surface area contributed by atoms with Crippen molar-refractivity contribution in [3.05, 3.63) is 28.8 Å². The molecule has 1 aliphatic heterocycles. The molecule has 100 valence electrons. The smallest absolute Gasteiger partial charge is 0.117 e. The molecule has 18 heavy (non-hydrogen) atoms. The molecule has 1 saturated heterocycles. The summed E-state index contributed by atoms with van der Waals surface area (Å²) in [6.45, 7) is 2.65. The topological polar surface area (TPSA) is 49.7 Å². The number of aryl methyl sites for hydroxylation is 1. The second-order valence-electron chi connectivity index (χ2n) is 4.62. The zero-order chi connectivity index (χ0) is 13.2. The molecule has 0 saturated carbocycles. The van der Waals surface area contributed by atoms with Crippen molar-refractivity contribution in [2.45, 2.75) is 29.9 Å². The van der Waals surface area contributed by atoms with Gasteiger partial charge in [-0.25, -0.2) is 0 Å². The van der Waals surface area contributed by atoms with Crippen LogP contribution in [0.25, 0.3) is 0 Å². The molecule has 0 aromatic heterocycles. The number of aliphatic hydroxyl groups is 2. The summed E-state index contributed by atoms with van der Waals surface area (Å²) in [5.74, 6) is 0.406. The van der Waals surface area contributed by atoms with Gasteiger partial charge in [0.15, 0.2) is 0 Å². The molecule has 1 fully saturated rings. The third-order valence-corrected chi connectivity index (χ3v) is 4.95. The lowest BCUT2D eigenvalue weighted by Crippen LogP contribution is -2.44. The van der Waals surface area contributed by atoms with Crippen LogP contribution in [0, 0.1) is 6.92 Å². The Labute approximate surface area is 116 Å². The number of halogens is 1. The minimum absolute atomic E-state index is 0.205. The van der Waals surface area contributed by atoms with E-state index >= 15 is 0 Å². The van der Waals surface area contributed by atoms with E-state index in [1.807, 2.05) is 25.1 Å². The summed E-state index contributed by atoms with van der Waals surface area (Å²) in [5.41, 5.74) is -0.0948. The van der Waals surface area contributed by atoms with Crippen LogP contribution in [0.3, 0.4) is 0 Å². The Kier molecular flexibility index (Phi) is 4.56. The predicted octanol–water partition coefficient (Wildman–Crippen LogP) is 2.25. The number of thioether (sulfide) groups is 1. The summed E-state index contributed by atoms with van der Waals surface area (Å²) in [4.78, 5) is 0.929. The van der Waals surface area contributed by atoms with Crippen LogP contribution in [0.15, 0.2) is 23.1 Å². The van der Waals surface area contributed by atoms with Gasteiger partial charge >= 0.3 is 0 Å². The van der Waals surface area contributed by atoms with Crippen molar-refractivity contribution in [1.82, 2.24) is 0 Å². The molecule has 1 aromatic carbocycles. The highest BCUT2D eigenvalue weighted by atomic mass is 35.5. The van der Waals surface area contributed by atoms with Crippen molar-refractivity contribution in [2.75, 3.05) is 19.0 Å². The molecule has 0 amide bonds. The minimum Gasteiger partial charge on any atom is -0.389 e. The van der Waals surface area contributed by atoms with E-state index in [2.05, 4.69) is 0 Å². The Hall–Kier alpha value is -0.260. The van der Waals surface area contributed by atoms with Gasteiger partial charge in [0.25, 0.3) is 0 Å². The van der Waals surface area contributed by atoms with Crippen LogP contribution in [0.1, 0.15) is 12.0 Å². The van der Waals surface area contributed by atoms with Crippen molar-refractivity contribution in [2.24, 2.45) is 0 Å². The zero-order valence-electron chi connectivity index (χ0n) is 10.2. The largest absolute Gasteiger partial charge is 0.389 e. The van der Waals surface area contributed by atoms with Crippen LogP contribution in [-0.4, -0.2) is 40.9 Å². The molecule has 2 rings (SSSR count). The third-order valence-electron chi connectivity index (χ3n) is 3.20. The number of aliphatic hydroxyl groups excluding tert-OH is 1. The lowest BCUT2D eigenvalue weighted by molar-refractivity contribution is -0.0653. The quantitative estimate of drug-likeness (QED) is 0.835. The van der Waals surface area contributed by atoms with Gasteiger partial charge in [0.1, 0.15) is 5.60 Å². The van der Waals surface area contributed by atoms with Gasteiger partial charge in [-0.15, -0.1) is 11.8 Å². The van der Waals surface area contributed by atoms with Gasteiger partial charge in [-0.2, -0.15) is 0 Å². The normalized spacial score (nSPS) is 25.3. The first-order valence-corrected chi connectivity index (χ1v) is 7.25. The first kappa shape index (κ1) is 14.2. The number of rotatable bonds is 4. The Morgan fingerprint density at radius 2 is 2.33 bits per heavy atom. The summed E-state index contributed by atoms with van der Waals surface area (Å²) in [5, 5.41) is 20.9. The molecule has 5 heteroatoms. The van der Waals surface area contributed by atoms with E-state index in [1.165, 1.54) is 11.8 Å². The third kappa shape index (κ3) is 3.00. The molecule has 3 nitrogen and oxygen atoms in total. The first-order chi connectivity index (χ1) is 8.53. The highest BCUT2D eigenvalue weighted by molar-refractivity contribution is 7.99. The molecule has 1 heterocycles. The van der Waals surface area contributed by atoms with Crippen molar-refractivity contribution in [3.63, 3.8) is 0 Å². The maximum Gasteiger partial charge on any atom is 0.117 e. The maximum atomic E-state index is 10.1. The highest BCUT2D eigenvalue weighted by Gasteiger charge is 2.39. The second kappa shape index (κ2) is 5.80. The van der Waals surface area contributed by atoms with Crippen LogP contribution < -0.4 is 0 Å². The Bertz CT molecular complexity index is 419. The summed E-state index contributed by atoms with van der Waals surface area (Å²) in [6, 6.07) is 5.80. The number of hydrogen-bond donors (Lipinski definition) is 2. The van der Waals surface area contributed by atoms with Crippen molar-refractivity contribution >= 4 is 23.4 Å². The number of hydrogen-bond acceptors (Lipinski definition) is 4. The fourth-order valence-corrected chi connectivity index (χ4v) is 3.29. The fourth-order valence-electron chi connectivity index (χ4n) is 1.89. The second-order valence-corrected chi connectivity index (χ2v) is 6.06. The predicted molar refractivity (Wildman–Crippen MR) is 73.3 cm³/mol. The molecule has 0 bridgehead atoms. The summed E-state index contributed by atoms with van der Waals surface area (Å²) in [7, 11) is 0. The molecule has 1 aromatic rings. The molecule has 0 spiro atoms.